The van der Waals surface area contributed by atoms with Crippen LogP contribution in [0.5, 0.6) is 0 Å². The van der Waals surface area contributed by atoms with Crippen LogP contribution in [0, 0.1) is 22.7 Å². The van der Waals surface area contributed by atoms with Gasteiger partial charge in [0.25, 0.3) is 0 Å². The lowest BCUT2D eigenvalue weighted by Gasteiger charge is -2.32. The van der Waals surface area contributed by atoms with Crippen LogP contribution >= 0.6 is 0 Å². The van der Waals surface area contributed by atoms with Crippen molar-refractivity contribution in [2.75, 3.05) is 13.2 Å². The predicted molar refractivity (Wildman–Crippen MR) is 92.4 cm³/mol. The molecule has 0 aromatic heterocycles. The highest BCUT2D eigenvalue weighted by atomic mass is 16.3. The number of hydrogen-bond acceptors (Lipinski definition) is 2. The molecule has 0 radical (unpaired) electrons. The third-order valence-electron chi connectivity index (χ3n) is 6.01. The van der Waals surface area contributed by atoms with Crippen molar-refractivity contribution in [1.29, 1.82) is 0 Å². The third-order valence-corrected chi connectivity index (χ3v) is 6.01. The summed E-state index contributed by atoms with van der Waals surface area (Å²) in [6.45, 7) is 13.8. The van der Waals surface area contributed by atoms with Crippen LogP contribution in [0.25, 0.3) is 0 Å². The van der Waals surface area contributed by atoms with Gasteiger partial charge in [-0.3, -0.25) is 0 Å². The molecule has 0 heterocycles. The first-order valence-corrected chi connectivity index (χ1v) is 8.93. The Morgan fingerprint density at radius 2 is 0.905 bits per heavy atom. The Labute approximate surface area is 133 Å². The van der Waals surface area contributed by atoms with Crippen LogP contribution in [-0.2, 0) is 0 Å². The fourth-order valence-corrected chi connectivity index (χ4v) is 2.69. The van der Waals surface area contributed by atoms with Gasteiger partial charge in [0.15, 0.2) is 0 Å². The zero-order chi connectivity index (χ0) is 16.5. The molecule has 2 N–H and O–H groups in total. The summed E-state index contributed by atoms with van der Waals surface area (Å²) in [5, 5.41) is 19.1. The first-order chi connectivity index (χ1) is 9.72. The Morgan fingerprint density at radius 3 is 1.14 bits per heavy atom. The molecule has 0 aliphatic carbocycles. The zero-order valence-corrected chi connectivity index (χ0v) is 15.4. The van der Waals surface area contributed by atoms with E-state index in [2.05, 4.69) is 41.5 Å². The molecule has 0 amide bonds. The number of aliphatic hydroxyl groups is 2. The van der Waals surface area contributed by atoms with Gasteiger partial charge in [0, 0.05) is 13.2 Å². The van der Waals surface area contributed by atoms with E-state index in [-0.39, 0.29) is 10.8 Å². The second-order valence-electron chi connectivity index (χ2n) is 8.20. The molecular formula is C19H40O2. The van der Waals surface area contributed by atoms with Gasteiger partial charge >= 0.3 is 0 Å². The minimum absolute atomic E-state index is 0.0904. The second kappa shape index (κ2) is 9.84. The summed E-state index contributed by atoms with van der Waals surface area (Å²) in [5.41, 5.74) is 0.181. The van der Waals surface area contributed by atoms with Gasteiger partial charge in [0.05, 0.1) is 0 Å². The van der Waals surface area contributed by atoms with E-state index < -0.39 is 0 Å². The molecule has 0 fully saturated rings. The summed E-state index contributed by atoms with van der Waals surface area (Å²) in [6.07, 6.45) is 8.50. The Hall–Kier alpha value is -0.0800. The minimum Gasteiger partial charge on any atom is -0.396 e. The summed E-state index contributed by atoms with van der Waals surface area (Å²) >= 11 is 0. The average molecular weight is 301 g/mol. The van der Waals surface area contributed by atoms with Gasteiger partial charge in [-0.05, 0) is 35.5 Å². The second-order valence-corrected chi connectivity index (χ2v) is 8.20. The van der Waals surface area contributed by atoms with Crippen LogP contribution in [-0.4, -0.2) is 23.4 Å². The molecule has 0 aromatic carbocycles. The van der Waals surface area contributed by atoms with E-state index in [4.69, 9.17) is 0 Å². The molecule has 128 valence electrons. The fraction of sp³-hybridized carbons (Fsp3) is 1.00. The first kappa shape index (κ1) is 20.9. The van der Waals surface area contributed by atoms with Crippen molar-refractivity contribution in [2.45, 2.75) is 86.5 Å². The molecule has 0 aliphatic rings. The lowest BCUT2D eigenvalue weighted by atomic mass is 9.75. The van der Waals surface area contributed by atoms with E-state index in [1.807, 2.05) is 0 Å². The van der Waals surface area contributed by atoms with Crippen LogP contribution < -0.4 is 0 Å². The van der Waals surface area contributed by atoms with Crippen molar-refractivity contribution in [3.8, 4) is 0 Å². The molecule has 0 aromatic rings. The molecule has 0 rings (SSSR count). The van der Waals surface area contributed by atoms with E-state index >= 15 is 0 Å². The first-order valence-electron chi connectivity index (χ1n) is 8.93. The van der Waals surface area contributed by atoms with Crippen LogP contribution in [0.15, 0.2) is 0 Å². The molecule has 2 heteroatoms. The number of hydrogen-bond donors (Lipinski definition) is 2. The summed E-state index contributed by atoms with van der Waals surface area (Å²) in [5.74, 6) is 1.08. The van der Waals surface area contributed by atoms with Gasteiger partial charge in [-0.25, -0.2) is 0 Å². The summed E-state index contributed by atoms with van der Waals surface area (Å²) in [7, 11) is 0. The number of unbranched alkanes of at least 4 members (excludes halogenated alkanes) is 4. The van der Waals surface area contributed by atoms with E-state index in [9.17, 15) is 10.2 Å². The number of rotatable bonds is 12. The van der Waals surface area contributed by atoms with E-state index in [1.54, 1.807) is 0 Å². The van der Waals surface area contributed by atoms with Gasteiger partial charge in [-0.2, -0.15) is 0 Å². The zero-order valence-electron chi connectivity index (χ0n) is 15.4. The maximum atomic E-state index is 9.54. The van der Waals surface area contributed by atoms with Crippen LogP contribution in [0.2, 0.25) is 0 Å². The quantitative estimate of drug-likeness (QED) is 0.496. The van der Waals surface area contributed by atoms with Gasteiger partial charge in [-0.1, -0.05) is 73.6 Å². The molecule has 2 atom stereocenters. The Balaban J connectivity index is 3.79. The molecule has 21 heavy (non-hydrogen) atoms. The fourth-order valence-electron chi connectivity index (χ4n) is 2.69. The normalized spacial score (nSPS) is 18.0. The van der Waals surface area contributed by atoms with Crippen molar-refractivity contribution < 1.29 is 10.2 Å². The van der Waals surface area contributed by atoms with Crippen LogP contribution in [0.3, 0.4) is 0 Å². The Kier molecular flexibility index (Phi) is 9.80. The monoisotopic (exact) mass is 300 g/mol. The van der Waals surface area contributed by atoms with Crippen molar-refractivity contribution in [3.05, 3.63) is 0 Å². The Morgan fingerprint density at radius 1 is 0.619 bits per heavy atom. The van der Waals surface area contributed by atoms with Crippen molar-refractivity contribution in [1.82, 2.24) is 0 Å². The van der Waals surface area contributed by atoms with Gasteiger partial charge in [-0.15, -0.1) is 0 Å². The van der Waals surface area contributed by atoms with Gasteiger partial charge in [0.2, 0.25) is 0 Å². The lowest BCUT2D eigenvalue weighted by molar-refractivity contribution is 0.0803. The molecule has 0 bridgehead atoms. The Bertz CT molecular complexity index is 236. The topological polar surface area (TPSA) is 40.5 Å². The van der Waals surface area contributed by atoms with Crippen molar-refractivity contribution in [3.63, 3.8) is 0 Å². The minimum atomic E-state index is 0.0904. The molecule has 0 spiro atoms. The van der Waals surface area contributed by atoms with Crippen LogP contribution in [0.1, 0.15) is 86.5 Å². The molecule has 2 nitrogen and oxygen atoms in total. The largest absolute Gasteiger partial charge is 0.396 e. The smallest absolute Gasteiger partial charge is 0.0487 e. The highest BCUT2D eigenvalue weighted by Gasteiger charge is 2.27. The summed E-state index contributed by atoms with van der Waals surface area (Å²) in [4.78, 5) is 0. The van der Waals surface area contributed by atoms with Crippen LogP contribution in [0.4, 0.5) is 0 Å². The standard InChI is InChI=1S/C19H40O2/c1-16(2)18(5,14-20)12-10-8-7-9-11-13-19(6,15-21)17(3)4/h16-17,20-21H,7-15H2,1-6H3. The van der Waals surface area contributed by atoms with E-state index in [1.165, 1.54) is 32.1 Å². The lowest BCUT2D eigenvalue weighted by Crippen LogP contribution is -2.28. The van der Waals surface area contributed by atoms with Gasteiger partial charge in [0.1, 0.15) is 0 Å². The SMILES string of the molecule is CC(C)C(C)(CO)CCCCCCCC(C)(CO)C(C)C. The van der Waals surface area contributed by atoms with Crippen molar-refractivity contribution in [2.24, 2.45) is 22.7 Å². The predicted octanol–water partition coefficient (Wildman–Crippen LogP) is 5.03. The van der Waals surface area contributed by atoms with Crippen molar-refractivity contribution >= 4 is 0 Å². The third kappa shape index (κ3) is 7.15. The van der Waals surface area contributed by atoms with E-state index in [0.29, 0.717) is 25.0 Å². The van der Waals surface area contributed by atoms with E-state index in [0.717, 1.165) is 12.8 Å². The molecule has 0 aliphatic heterocycles. The maximum absolute atomic E-state index is 9.54. The average Bonchev–Trinajstić information content (AvgIpc) is 2.45. The number of aliphatic hydroxyl groups excluding tert-OH is 2. The van der Waals surface area contributed by atoms with Gasteiger partial charge < -0.3 is 10.2 Å². The molecule has 0 saturated carbocycles. The highest BCUT2D eigenvalue weighted by Crippen LogP contribution is 2.34. The molecule has 2 unspecified atom stereocenters. The highest BCUT2D eigenvalue weighted by molar-refractivity contribution is 4.78. The summed E-state index contributed by atoms with van der Waals surface area (Å²) in [6, 6.07) is 0. The maximum Gasteiger partial charge on any atom is 0.0487 e. The molecule has 0 saturated heterocycles. The summed E-state index contributed by atoms with van der Waals surface area (Å²) < 4.78 is 0. The molecular weight excluding hydrogens is 260 g/mol.